The molecule has 36 heavy (non-hydrogen) atoms. The summed E-state index contributed by atoms with van der Waals surface area (Å²) in [4.78, 5) is 22.2. The van der Waals surface area contributed by atoms with Gasteiger partial charge in [0, 0.05) is 23.0 Å². The lowest BCUT2D eigenvalue weighted by Crippen LogP contribution is -2.70. The number of carboxylic acids is 2. The fourth-order valence-corrected chi connectivity index (χ4v) is 5.51. The van der Waals surface area contributed by atoms with E-state index < -0.39 is 11.9 Å². The van der Waals surface area contributed by atoms with Crippen LogP contribution in [0.15, 0.2) is 33.6 Å². The number of hydrogen-bond donors (Lipinski definition) is 2. The summed E-state index contributed by atoms with van der Waals surface area (Å²) in [5.41, 5.74) is 11.2. The van der Waals surface area contributed by atoms with E-state index in [0.717, 1.165) is 36.1 Å². The van der Waals surface area contributed by atoms with E-state index in [-0.39, 0.29) is 11.1 Å². The van der Waals surface area contributed by atoms with Crippen molar-refractivity contribution >= 4 is 47.2 Å². The Kier molecular flexibility index (Phi) is 10.3. The second-order valence-corrected chi connectivity index (χ2v) is 11.2. The molecule has 2 aromatic heterocycles. The van der Waals surface area contributed by atoms with E-state index in [0.29, 0.717) is 23.9 Å². The van der Waals surface area contributed by atoms with Crippen molar-refractivity contribution in [2.24, 2.45) is 0 Å². The topological polar surface area (TPSA) is 199 Å². The van der Waals surface area contributed by atoms with Gasteiger partial charge in [0.1, 0.15) is 11.1 Å². The molecule has 0 atom stereocenters. The maximum atomic E-state index is 9.41. The van der Waals surface area contributed by atoms with E-state index in [1.807, 2.05) is 23.5 Å². The van der Waals surface area contributed by atoms with Crippen LogP contribution in [-0.4, -0.2) is 69.7 Å². The zero-order chi connectivity index (χ0) is 26.9. The molecular weight excluding hydrogens is 512 g/mol. The maximum absolute atomic E-state index is 9.41. The molecule has 2 saturated heterocycles. The van der Waals surface area contributed by atoms with Crippen molar-refractivity contribution in [3.8, 4) is 0 Å². The first kappa shape index (κ1) is 29.1. The second kappa shape index (κ2) is 12.7. The molecule has 2 aromatic rings. The highest BCUT2D eigenvalue weighted by atomic mass is 32.2. The van der Waals surface area contributed by atoms with Crippen LogP contribution in [0, 0.1) is 0 Å². The molecule has 0 spiro atoms. The van der Waals surface area contributed by atoms with Crippen molar-refractivity contribution in [1.82, 2.24) is 10.5 Å². The van der Waals surface area contributed by atoms with E-state index >= 15 is 0 Å². The number of nitrogen functional groups attached to an aromatic ring is 2. The Labute approximate surface area is 217 Å². The van der Waals surface area contributed by atoms with Gasteiger partial charge >= 0.3 is 0 Å². The first-order valence-corrected chi connectivity index (χ1v) is 13.2. The zero-order valence-corrected chi connectivity index (χ0v) is 22.3. The van der Waals surface area contributed by atoms with Gasteiger partial charge in [-0.05, 0) is 39.8 Å². The Bertz CT molecular complexity index is 961. The third kappa shape index (κ3) is 8.82. The van der Waals surface area contributed by atoms with Crippen molar-refractivity contribution in [1.29, 1.82) is 0 Å². The minimum Gasteiger partial charge on any atom is -0.545 e. The lowest BCUT2D eigenvalue weighted by molar-refractivity contribution is -0.765. The van der Waals surface area contributed by atoms with Crippen LogP contribution in [0.5, 0.6) is 0 Å². The fraction of sp³-hybridized carbons (Fsp3) is 0.600. The molecule has 2 fully saturated rings. The van der Waals surface area contributed by atoms with Crippen molar-refractivity contribution < 1.29 is 38.4 Å². The van der Waals surface area contributed by atoms with E-state index in [4.69, 9.17) is 20.5 Å². The predicted molar refractivity (Wildman–Crippen MR) is 130 cm³/mol. The first-order chi connectivity index (χ1) is 16.8. The van der Waals surface area contributed by atoms with Crippen LogP contribution in [0.25, 0.3) is 0 Å². The number of thioether (sulfide) groups is 2. The standard InChI is InChI=1S/2C8H15N4OS.C4H4O4/c2*1-8(2)6-14-4-3-11(8)12-5-7(9)13-10-12;5-3(6)1-2-4(7)8/h2*5H,3-4,6,9H2,1-2H3;1-2H,(H,5,6)(H,7,8)/q2*+1;/p-2/b;;2-1-. The molecule has 200 valence electrons. The molecule has 2 aliphatic heterocycles. The highest BCUT2D eigenvalue weighted by molar-refractivity contribution is 7.99. The molecule has 0 bridgehead atoms. The number of carbonyl (C=O) groups excluding carboxylic acids is 2. The number of aliphatic carboxylic acids is 2. The van der Waals surface area contributed by atoms with Gasteiger partial charge in [0.15, 0.2) is 0 Å². The summed E-state index contributed by atoms with van der Waals surface area (Å²) in [6.07, 6.45) is 4.18. The van der Waals surface area contributed by atoms with Gasteiger partial charge < -0.3 is 31.3 Å². The van der Waals surface area contributed by atoms with Gasteiger partial charge in [0.2, 0.25) is 10.5 Å². The highest BCUT2D eigenvalue weighted by Gasteiger charge is 2.39. The number of carboxylic acid groups (broad SMARTS) is 2. The van der Waals surface area contributed by atoms with E-state index in [2.05, 4.69) is 48.3 Å². The smallest absolute Gasteiger partial charge is 0.296 e. The predicted octanol–water partition coefficient (Wildman–Crippen LogP) is -2.94. The van der Waals surface area contributed by atoms with Gasteiger partial charge in [-0.25, -0.2) is 0 Å². The summed E-state index contributed by atoms with van der Waals surface area (Å²) in [5, 5.41) is 30.9. The summed E-state index contributed by atoms with van der Waals surface area (Å²) in [6.45, 7) is 10.7. The minimum atomic E-state index is -1.55. The van der Waals surface area contributed by atoms with Gasteiger partial charge in [-0.2, -0.15) is 23.5 Å². The van der Waals surface area contributed by atoms with Crippen molar-refractivity contribution in [3.63, 3.8) is 0 Å². The number of nitrogens with zero attached hydrogens (tertiary/aromatic N) is 6. The number of rotatable bonds is 4. The Morgan fingerprint density at radius 1 is 0.889 bits per heavy atom. The number of aromatic nitrogens is 4. The fourth-order valence-electron chi connectivity index (χ4n) is 3.32. The van der Waals surface area contributed by atoms with E-state index in [1.165, 1.54) is 0 Å². The van der Waals surface area contributed by atoms with E-state index in [9.17, 15) is 19.8 Å². The molecule has 0 aromatic carbocycles. The normalized spacial score (nSPS) is 18.6. The summed E-state index contributed by atoms with van der Waals surface area (Å²) >= 11 is 3.92. The number of hydrogen-bond acceptors (Lipinski definition) is 14. The van der Waals surface area contributed by atoms with Crippen molar-refractivity contribution in [2.45, 2.75) is 38.8 Å². The monoisotopic (exact) mass is 544 g/mol. The molecule has 2 aliphatic rings. The molecule has 0 radical (unpaired) electrons. The molecule has 0 aliphatic carbocycles. The first-order valence-electron chi connectivity index (χ1n) is 10.9. The van der Waals surface area contributed by atoms with Crippen molar-refractivity contribution in [2.75, 3.05) is 57.6 Å². The van der Waals surface area contributed by atoms with Gasteiger partial charge in [0.25, 0.3) is 24.2 Å². The Hall–Kier alpha value is -3.14. The van der Waals surface area contributed by atoms with Crippen LogP contribution in [0.3, 0.4) is 0 Å². The molecule has 4 heterocycles. The van der Waals surface area contributed by atoms with Gasteiger partial charge in [-0.1, -0.05) is 0 Å². The zero-order valence-electron chi connectivity index (χ0n) is 20.7. The Morgan fingerprint density at radius 2 is 1.25 bits per heavy atom. The summed E-state index contributed by atoms with van der Waals surface area (Å²) in [5.74, 6) is 2.01. The number of nitrogens with two attached hydrogens (primary N) is 2. The molecule has 0 amide bonds. The molecule has 0 unspecified atom stereocenters. The summed E-state index contributed by atoms with van der Waals surface area (Å²) < 4.78 is 9.71. The van der Waals surface area contributed by atoms with Crippen LogP contribution >= 0.6 is 23.5 Å². The second-order valence-electron chi connectivity index (χ2n) is 9.00. The number of carbonyl (C=O) groups is 2. The molecule has 4 rings (SSSR count). The van der Waals surface area contributed by atoms with Gasteiger partial charge in [-0.15, -0.1) is 10.0 Å². The largest absolute Gasteiger partial charge is 0.545 e. The average molecular weight is 545 g/mol. The maximum Gasteiger partial charge on any atom is 0.296 e. The minimum absolute atomic E-state index is 0.0941. The molecule has 4 N–H and O–H groups in total. The highest BCUT2D eigenvalue weighted by Crippen LogP contribution is 2.23. The molecular formula is C20H32N8O6S2. The Morgan fingerprint density at radius 3 is 1.50 bits per heavy atom. The Balaban J connectivity index is 0.000000199. The molecule has 14 nitrogen and oxygen atoms in total. The SMILES string of the molecule is CC1(C)CSCCN1[n+]1cc(N)on1.CC1(C)CSCCN1[n+]1cc(N)on1.O=C([O-])/C=C\C(=O)[O-]. The third-order valence-corrected chi connectivity index (χ3v) is 7.76. The molecule has 16 heteroatoms. The van der Waals surface area contributed by atoms with Crippen molar-refractivity contribution in [3.05, 3.63) is 24.5 Å². The lowest BCUT2D eigenvalue weighted by atomic mass is 10.1. The average Bonchev–Trinajstić information content (AvgIpc) is 3.40. The summed E-state index contributed by atoms with van der Waals surface area (Å²) in [7, 11) is 0. The van der Waals surface area contributed by atoms with Crippen LogP contribution in [-0.2, 0) is 9.59 Å². The third-order valence-electron chi connectivity index (χ3n) is 5.00. The van der Waals surface area contributed by atoms with Crippen LogP contribution in [0.2, 0.25) is 0 Å². The van der Waals surface area contributed by atoms with E-state index in [1.54, 1.807) is 22.0 Å². The van der Waals surface area contributed by atoms with Crippen LogP contribution in [0.1, 0.15) is 27.7 Å². The van der Waals surface area contributed by atoms with Gasteiger partial charge in [0.05, 0.1) is 34.6 Å². The van der Waals surface area contributed by atoms with Crippen LogP contribution in [0.4, 0.5) is 11.8 Å². The quantitative estimate of drug-likeness (QED) is 0.292. The molecule has 0 saturated carbocycles. The van der Waals surface area contributed by atoms with Crippen LogP contribution < -0.4 is 41.3 Å². The van der Waals surface area contributed by atoms with Gasteiger partial charge in [-0.3, -0.25) is 9.05 Å². The number of anilines is 2. The lowest BCUT2D eigenvalue weighted by Gasteiger charge is -2.34. The summed E-state index contributed by atoms with van der Waals surface area (Å²) in [6, 6.07) is 0.